The van der Waals surface area contributed by atoms with Crippen LogP contribution in [0, 0.1) is 5.92 Å². The molecule has 2 N–H and O–H groups in total. The lowest BCUT2D eigenvalue weighted by atomic mass is 9.97. The van der Waals surface area contributed by atoms with Gasteiger partial charge in [0.15, 0.2) is 0 Å². The predicted molar refractivity (Wildman–Crippen MR) is 103 cm³/mol. The molecule has 1 aliphatic rings. The van der Waals surface area contributed by atoms with Crippen LogP contribution in [0.1, 0.15) is 28.2 Å². The van der Waals surface area contributed by atoms with Crippen molar-refractivity contribution in [2.75, 3.05) is 13.1 Å². The molecule has 26 heavy (non-hydrogen) atoms. The topological polar surface area (TPSA) is 64.2 Å². The number of primary amides is 1. The van der Waals surface area contributed by atoms with Crippen molar-refractivity contribution in [2.45, 2.75) is 19.4 Å². The van der Waals surface area contributed by atoms with E-state index in [0.717, 1.165) is 37.4 Å². The van der Waals surface area contributed by atoms with Crippen LogP contribution in [0.5, 0.6) is 0 Å². The molecule has 1 saturated heterocycles. The maximum atomic E-state index is 11.4. The van der Waals surface area contributed by atoms with Crippen LogP contribution in [0.3, 0.4) is 0 Å². The molecule has 0 spiro atoms. The number of fused-ring (bicyclic) bond motifs is 1. The fourth-order valence-electron chi connectivity index (χ4n) is 3.94. The summed E-state index contributed by atoms with van der Waals surface area (Å²) in [5.74, 6) is 1.36. The molecule has 0 unspecified atom stereocenters. The molecular weight excluding hydrogens is 324 g/mol. The van der Waals surface area contributed by atoms with Gasteiger partial charge in [0.2, 0.25) is 5.91 Å². The first kappa shape index (κ1) is 16.8. The summed E-state index contributed by atoms with van der Waals surface area (Å²) < 4.78 is 2.19. The summed E-state index contributed by atoms with van der Waals surface area (Å²) in [6, 6.07) is 16.0. The van der Waals surface area contributed by atoms with Crippen LogP contribution in [0.4, 0.5) is 0 Å². The van der Waals surface area contributed by atoms with Gasteiger partial charge in [-0.15, -0.1) is 0 Å². The third-order valence-electron chi connectivity index (χ3n) is 5.35. The Labute approximate surface area is 153 Å². The van der Waals surface area contributed by atoms with E-state index in [1.165, 1.54) is 17.5 Å². The van der Waals surface area contributed by atoms with Gasteiger partial charge in [-0.1, -0.05) is 24.3 Å². The lowest BCUT2D eigenvalue weighted by molar-refractivity contribution is 0.1000. The van der Waals surface area contributed by atoms with Crippen LogP contribution < -0.4 is 5.73 Å². The molecular formula is C21H24N4O. The summed E-state index contributed by atoms with van der Waals surface area (Å²) in [4.78, 5) is 18.6. The van der Waals surface area contributed by atoms with E-state index in [1.54, 1.807) is 6.07 Å². The molecule has 0 radical (unpaired) electrons. The molecule has 134 valence electrons. The number of rotatable bonds is 5. The minimum absolute atomic E-state index is 0.359. The number of imidazole rings is 1. The second-order valence-corrected chi connectivity index (χ2v) is 7.23. The molecule has 0 saturated carbocycles. The number of amides is 1. The maximum absolute atomic E-state index is 11.4. The average molecular weight is 348 g/mol. The van der Waals surface area contributed by atoms with Crippen molar-refractivity contribution in [1.29, 1.82) is 0 Å². The van der Waals surface area contributed by atoms with E-state index in [-0.39, 0.29) is 5.91 Å². The first-order valence-electron chi connectivity index (χ1n) is 9.11. The standard InChI is InChI=1S/C21H24N4O/c1-24-19-8-3-2-7-18(19)23-20(24)14-25-10-9-16(13-25)11-15-5-4-6-17(12-15)21(22)26/h2-8,12,16H,9-11,13-14H2,1H3,(H2,22,26)/t16-/m1/s1. The van der Waals surface area contributed by atoms with Crippen LogP contribution in [0.2, 0.25) is 0 Å². The summed E-state index contributed by atoms with van der Waals surface area (Å²) in [7, 11) is 2.09. The van der Waals surface area contributed by atoms with Gasteiger partial charge in [0.05, 0.1) is 17.6 Å². The third kappa shape index (κ3) is 3.35. The van der Waals surface area contributed by atoms with Crippen molar-refractivity contribution in [3.05, 3.63) is 65.5 Å². The van der Waals surface area contributed by atoms with Gasteiger partial charge in [-0.05, 0) is 55.1 Å². The van der Waals surface area contributed by atoms with Crippen LogP contribution in [-0.4, -0.2) is 33.4 Å². The second kappa shape index (κ2) is 6.92. The Morgan fingerprint density at radius 2 is 2.08 bits per heavy atom. The van der Waals surface area contributed by atoms with Gasteiger partial charge in [-0.25, -0.2) is 4.98 Å². The molecule has 1 aromatic heterocycles. The molecule has 0 aliphatic carbocycles. The predicted octanol–water partition coefficient (Wildman–Crippen LogP) is 2.74. The maximum Gasteiger partial charge on any atom is 0.248 e. The third-order valence-corrected chi connectivity index (χ3v) is 5.35. The second-order valence-electron chi connectivity index (χ2n) is 7.23. The van der Waals surface area contributed by atoms with Gasteiger partial charge in [0, 0.05) is 19.2 Å². The minimum atomic E-state index is -0.359. The van der Waals surface area contributed by atoms with Crippen molar-refractivity contribution < 1.29 is 4.79 Å². The quantitative estimate of drug-likeness (QED) is 0.771. The molecule has 3 aromatic rings. The van der Waals surface area contributed by atoms with Crippen LogP contribution in [0.15, 0.2) is 48.5 Å². The van der Waals surface area contributed by atoms with Crippen molar-refractivity contribution in [1.82, 2.24) is 14.5 Å². The van der Waals surface area contributed by atoms with Crippen molar-refractivity contribution in [3.63, 3.8) is 0 Å². The molecule has 1 atom stereocenters. The zero-order chi connectivity index (χ0) is 18.1. The molecule has 1 amide bonds. The lowest BCUT2D eigenvalue weighted by Gasteiger charge is -2.16. The van der Waals surface area contributed by atoms with Gasteiger partial charge in [-0.3, -0.25) is 9.69 Å². The zero-order valence-electron chi connectivity index (χ0n) is 15.1. The van der Waals surface area contributed by atoms with E-state index in [0.29, 0.717) is 11.5 Å². The monoisotopic (exact) mass is 348 g/mol. The number of aromatic nitrogens is 2. The van der Waals surface area contributed by atoms with Crippen LogP contribution in [-0.2, 0) is 20.0 Å². The van der Waals surface area contributed by atoms with Gasteiger partial charge in [0.25, 0.3) is 0 Å². The van der Waals surface area contributed by atoms with Crippen molar-refractivity contribution in [2.24, 2.45) is 18.7 Å². The Bertz CT molecular complexity index is 946. The number of likely N-dealkylation sites (tertiary alicyclic amines) is 1. The van der Waals surface area contributed by atoms with Crippen molar-refractivity contribution in [3.8, 4) is 0 Å². The number of nitrogens with zero attached hydrogens (tertiary/aromatic N) is 3. The van der Waals surface area contributed by atoms with Gasteiger partial charge in [0.1, 0.15) is 5.82 Å². The molecule has 5 nitrogen and oxygen atoms in total. The molecule has 1 fully saturated rings. The Morgan fingerprint density at radius 1 is 1.23 bits per heavy atom. The summed E-state index contributed by atoms with van der Waals surface area (Å²) in [6.45, 7) is 3.02. The highest BCUT2D eigenvalue weighted by atomic mass is 16.1. The first-order chi connectivity index (χ1) is 12.6. The fourth-order valence-corrected chi connectivity index (χ4v) is 3.94. The largest absolute Gasteiger partial charge is 0.366 e. The van der Waals surface area contributed by atoms with Crippen LogP contribution >= 0.6 is 0 Å². The molecule has 2 heterocycles. The molecule has 0 bridgehead atoms. The van der Waals surface area contributed by atoms with Gasteiger partial charge < -0.3 is 10.3 Å². The molecule has 1 aliphatic heterocycles. The Balaban J connectivity index is 1.41. The number of aryl methyl sites for hydroxylation is 1. The number of carbonyl (C=O) groups excluding carboxylic acids is 1. The molecule has 4 rings (SSSR count). The highest BCUT2D eigenvalue weighted by Crippen LogP contribution is 2.24. The molecule has 5 heteroatoms. The van der Waals surface area contributed by atoms with E-state index < -0.39 is 0 Å². The first-order valence-corrected chi connectivity index (χ1v) is 9.11. The smallest absolute Gasteiger partial charge is 0.248 e. The number of hydrogen-bond donors (Lipinski definition) is 1. The Kier molecular flexibility index (Phi) is 4.47. The number of carbonyl (C=O) groups is 1. The lowest BCUT2D eigenvalue weighted by Crippen LogP contribution is -2.22. The normalized spacial score (nSPS) is 17.8. The summed E-state index contributed by atoms with van der Waals surface area (Å²) in [6.07, 6.45) is 2.16. The fraction of sp³-hybridized carbons (Fsp3) is 0.333. The number of benzene rings is 2. The number of para-hydroxylation sites is 2. The van der Waals surface area contributed by atoms with Crippen LogP contribution in [0.25, 0.3) is 11.0 Å². The summed E-state index contributed by atoms with van der Waals surface area (Å²) in [5.41, 5.74) is 9.41. The Hall–Kier alpha value is -2.66. The minimum Gasteiger partial charge on any atom is -0.366 e. The molecule has 2 aromatic carbocycles. The van der Waals surface area contributed by atoms with E-state index in [1.807, 2.05) is 18.2 Å². The number of hydrogen-bond acceptors (Lipinski definition) is 3. The highest BCUT2D eigenvalue weighted by Gasteiger charge is 2.24. The number of nitrogens with two attached hydrogens (primary N) is 1. The summed E-state index contributed by atoms with van der Waals surface area (Å²) in [5, 5.41) is 0. The van der Waals surface area contributed by atoms with E-state index in [4.69, 9.17) is 10.7 Å². The van der Waals surface area contributed by atoms with E-state index in [9.17, 15) is 4.79 Å². The summed E-state index contributed by atoms with van der Waals surface area (Å²) >= 11 is 0. The SMILES string of the molecule is Cn1c(CN2CC[C@H](Cc3cccc(C(N)=O)c3)C2)nc2ccccc21. The Morgan fingerprint density at radius 3 is 2.88 bits per heavy atom. The van der Waals surface area contributed by atoms with Gasteiger partial charge >= 0.3 is 0 Å². The zero-order valence-corrected chi connectivity index (χ0v) is 15.1. The van der Waals surface area contributed by atoms with E-state index in [2.05, 4.69) is 40.8 Å². The van der Waals surface area contributed by atoms with Gasteiger partial charge in [-0.2, -0.15) is 0 Å². The highest BCUT2D eigenvalue weighted by molar-refractivity contribution is 5.92. The average Bonchev–Trinajstić information content (AvgIpc) is 3.20. The van der Waals surface area contributed by atoms with Crippen molar-refractivity contribution >= 4 is 16.9 Å². The van der Waals surface area contributed by atoms with E-state index >= 15 is 0 Å².